The Labute approximate surface area is 120 Å². The Morgan fingerprint density at radius 2 is 2.00 bits per heavy atom. The molecule has 110 valence electrons. The summed E-state index contributed by atoms with van der Waals surface area (Å²) in [6.07, 6.45) is 7.51. The summed E-state index contributed by atoms with van der Waals surface area (Å²) >= 11 is 0. The maximum Gasteiger partial charge on any atom is 0.248 e. The van der Waals surface area contributed by atoms with E-state index in [0.717, 1.165) is 11.6 Å². The molecule has 4 nitrogen and oxygen atoms in total. The molecular formula is C16H25N3O. The standard InChI is InChI=1S/C16H25N3O/c1-2-3-11-4-7-13(8-5-11)19-15-10-12(16(18)20)6-9-14(15)17/h6,9-11,13,19H,2-5,7-8,17H2,1H3,(H2,18,20). The SMILES string of the molecule is CCCC1CCC(Nc2cc(C(N)=O)ccc2N)CC1. The lowest BCUT2D eigenvalue weighted by Crippen LogP contribution is -2.26. The molecule has 4 heteroatoms. The van der Waals surface area contributed by atoms with Crippen LogP contribution in [0.1, 0.15) is 55.8 Å². The van der Waals surface area contributed by atoms with E-state index in [-0.39, 0.29) is 0 Å². The molecule has 5 N–H and O–H groups in total. The smallest absolute Gasteiger partial charge is 0.248 e. The Morgan fingerprint density at radius 3 is 2.60 bits per heavy atom. The first-order valence-corrected chi connectivity index (χ1v) is 7.56. The van der Waals surface area contributed by atoms with Crippen molar-refractivity contribution in [3.05, 3.63) is 23.8 Å². The second-order valence-electron chi connectivity index (χ2n) is 5.82. The minimum Gasteiger partial charge on any atom is -0.397 e. The fourth-order valence-electron chi connectivity index (χ4n) is 3.06. The van der Waals surface area contributed by atoms with Crippen molar-refractivity contribution in [2.24, 2.45) is 11.7 Å². The van der Waals surface area contributed by atoms with Gasteiger partial charge in [-0.05, 0) is 49.8 Å². The Hall–Kier alpha value is -1.71. The van der Waals surface area contributed by atoms with Crippen LogP contribution in [0.2, 0.25) is 0 Å². The number of nitrogen functional groups attached to an aromatic ring is 1. The Morgan fingerprint density at radius 1 is 1.30 bits per heavy atom. The lowest BCUT2D eigenvalue weighted by Gasteiger charge is -2.30. The third kappa shape index (κ3) is 3.65. The van der Waals surface area contributed by atoms with Crippen molar-refractivity contribution in [3.8, 4) is 0 Å². The van der Waals surface area contributed by atoms with Crippen LogP contribution in [0.5, 0.6) is 0 Å². The Bertz CT molecular complexity index is 465. The van der Waals surface area contributed by atoms with Gasteiger partial charge >= 0.3 is 0 Å². The third-order valence-electron chi connectivity index (χ3n) is 4.24. The van der Waals surface area contributed by atoms with E-state index in [9.17, 15) is 4.79 Å². The monoisotopic (exact) mass is 275 g/mol. The largest absolute Gasteiger partial charge is 0.397 e. The highest BCUT2D eigenvalue weighted by atomic mass is 16.1. The van der Waals surface area contributed by atoms with Gasteiger partial charge in [0.2, 0.25) is 5.91 Å². The number of anilines is 2. The van der Waals surface area contributed by atoms with Gasteiger partial charge in [-0.2, -0.15) is 0 Å². The number of primary amides is 1. The third-order valence-corrected chi connectivity index (χ3v) is 4.24. The van der Waals surface area contributed by atoms with Crippen molar-refractivity contribution in [2.75, 3.05) is 11.1 Å². The fraction of sp³-hybridized carbons (Fsp3) is 0.562. The van der Waals surface area contributed by atoms with Crippen LogP contribution in [-0.2, 0) is 0 Å². The van der Waals surface area contributed by atoms with Crippen LogP contribution in [0.25, 0.3) is 0 Å². The summed E-state index contributed by atoms with van der Waals surface area (Å²) in [5.41, 5.74) is 13.3. The number of benzene rings is 1. The van der Waals surface area contributed by atoms with Crippen LogP contribution in [0.15, 0.2) is 18.2 Å². The molecule has 1 aliphatic rings. The quantitative estimate of drug-likeness (QED) is 0.722. The van der Waals surface area contributed by atoms with Gasteiger partial charge in [-0.3, -0.25) is 4.79 Å². The molecule has 0 radical (unpaired) electrons. The van der Waals surface area contributed by atoms with Crippen molar-refractivity contribution in [2.45, 2.75) is 51.5 Å². The summed E-state index contributed by atoms with van der Waals surface area (Å²) in [4.78, 5) is 11.2. The van der Waals surface area contributed by atoms with Gasteiger partial charge in [0.1, 0.15) is 0 Å². The molecule has 0 heterocycles. The van der Waals surface area contributed by atoms with Crippen LogP contribution in [0.3, 0.4) is 0 Å². The van der Waals surface area contributed by atoms with E-state index in [2.05, 4.69) is 12.2 Å². The Balaban J connectivity index is 1.97. The van der Waals surface area contributed by atoms with Crippen LogP contribution in [-0.4, -0.2) is 11.9 Å². The number of carbonyl (C=O) groups is 1. The van der Waals surface area contributed by atoms with E-state index in [1.165, 1.54) is 38.5 Å². The predicted octanol–water partition coefficient (Wildman–Crippen LogP) is 3.14. The van der Waals surface area contributed by atoms with Gasteiger partial charge < -0.3 is 16.8 Å². The number of amides is 1. The second kappa shape index (κ2) is 6.64. The molecule has 1 fully saturated rings. The van der Waals surface area contributed by atoms with Crippen molar-refractivity contribution in [1.82, 2.24) is 0 Å². The highest BCUT2D eigenvalue weighted by molar-refractivity contribution is 5.94. The molecule has 1 aromatic carbocycles. The van der Waals surface area contributed by atoms with Gasteiger partial charge in [0.25, 0.3) is 0 Å². The van der Waals surface area contributed by atoms with Gasteiger partial charge in [0, 0.05) is 11.6 Å². The molecule has 0 unspecified atom stereocenters. The zero-order valence-electron chi connectivity index (χ0n) is 12.2. The summed E-state index contributed by atoms with van der Waals surface area (Å²) < 4.78 is 0. The van der Waals surface area contributed by atoms with E-state index in [4.69, 9.17) is 11.5 Å². The first-order chi connectivity index (χ1) is 9.60. The van der Waals surface area contributed by atoms with Crippen molar-refractivity contribution >= 4 is 17.3 Å². The number of rotatable bonds is 5. The maximum atomic E-state index is 11.2. The van der Waals surface area contributed by atoms with Gasteiger partial charge in [-0.25, -0.2) is 0 Å². The minimum atomic E-state index is -0.417. The van der Waals surface area contributed by atoms with E-state index < -0.39 is 5.91 Å². The molecule has 0 saturated heterocycles. The molecule has 0 atom stereocenters. The molecule has 1 aliphatic carbocycles. The summed E-state index contributed by atoms with van der Waals surface area (Å²) in [5.74, 6) is 0.465. The predicted molar refractivity (Wildman–Crippen MR) is 83.6 cm³/mol. The van der Waals surface area contributed by atoms with Crippen LogP contribution in [0, 0.1) is 5.92 Å². The van der Waals surface area contributed by atoms with Crippen molar-refractivity contribution < 1.29 is 4.79 Å². The first-order valence-electron chi connectivity index (χ1n) is 7.56. The summed E-state index contributed by atoms with van der Waals surface area (Å²) in [6, 6.07) is 5.62. The molecule has 1 aromatic rings. The zero-order valence-corrected chi connectivity index (χ0v) is 12.2. The van der Waals surface area contributed by atoms with E-state index in [1.54, 1.807) is 18.2 Å². The van der Waals surface area contributed by atoms with Gasteiger partial charge in [0.05, 0.1) is 11.4 Å². The van der Waals surface area contributed by atoms with E-state index in [0.29, 0.717) is 17.3 Å². The maximum absolute atomic E-state index is 11.2. The van der Waals surface area contributed by atoms with E-state index >= 15 is 0 Å². The molecule has 2 rings (SSSR count). The second-order valence-corrected chi connectivity index (χ2v) is 5.82. The fourth-order valence-corrected chi connectivity index (χ4v) is 3.06. The Kier molecular flexibility index (Phi) is 4.88. The van der Waals surface area contributed by atoms with Gasteiger partial charge in [-0.1, -0.05) is 19.8 Å². The number of hydrogen-bond donors (Lipinski definition) is 3. The highest BCUT2D eigenvalue weighted by Crippen LogP contribution is 2.31. The minimum absolute atomic E-state index is 0.417. The normalized spacial score (nSPS) is 22.4. The summed E-state index contributed by atoms with van der Waals surface area (Å²) in [6.45, 7) is 2.25. The van der Waals surface area contributed by atoms with Crippen molar-refractivity contribution in [1.29, 1.82) is 0 Å². The molecule has 20 heavy (non-hydrogen) atoms. The topological polar surface area (TPSA) is 81.1 Å². The molecule has 0 aromatic heterocycles. The van der Waals surface area contributed by atoms with Gasteiger partial charge in [-0.15, -0.1) is 0 Å². The molecule has 0 spiro atoms. The van der Waals surface area contributed by atoms with Crippen molar-refractivity contribution in [3.63, 3.8) is 0 Å². The molecule has 1 amide bonds. The molecule has 1 saturated carbocycles. The summed E-state index contributed by atoms with van der Waals surface area (Å²) in [5, 5.41) is 3.47. The average molecular weight is 275 g/mol. The highest BCUT2D eigenvalue weighted by Gasteiger charge is 2.21. The average Bonchev–Trinajstić information content (AvgIpc) is 2.43. The number of hydrogen-bond acceptors (Lipinski definition) is 3. The molecular weight excluding hydrogens is 250 g/mol. The lowest BCUT2D eigenvalue weighted by atomic mass is 9.83. The number of nitrogens with two attached hydrogens (primary N) is 2. The first kappa shape index (κ1) is 14.7. The van der Waals surface area contributed by atoms with Crippen LogP contribution in [0.4, 0.5) is 11.4 Å². The van der Waals surface area contributed by atoms with Crippen LogP contribution >= 0.6 is 0 Å². The number of nitrogens with one attached hydrogen (secondary N) is 1. The molecule has 0 bridgehead atoms. The van der Waals surface area contributed by atoms with Gasteiger partial charge in [0.15, 0.2) is 0 Å². The number of carbonyl (C=O) groups excluding carboxylic acids is 1. The molecule has 0 aliphatic heterocycles. The zero-order chi connectivity index (χ0) is 14.5. The lowest BCUT2D eigenvalue weighted by molar-refractivity contribution is 0.100. The van der Waals surface area contributed by atoms with E-state index in [1.807, 2.05) is 0 Å². The van der Waals surface area contributed by atoms with Crippen LogP contribution < -0.4 is 16.8 Å². The summed E-state index contributed by atoms with van der Waals surface area (Å²) in [7, 11) is 0.